The van der Waals surface area contributed by atoms with Crippen molar-refractivity contribution in [3.05, 3.63) is 0 Å². The fraction of sp³-hybridized carbons (Fsp3) is 0.905. The summed E-state index contributed by atoms with van der Waals surface area (Å²) in [5.74, 6) is -1.84. The number of esters is 2. The van der Waals surface area contributed by atoms with Crippen LogP contribution in [0.3, 0.4) is 0 Å². The lowest BCUT2D eigenvalue weighted by Crippen LogP contribution is -2.33. The Morgan fingerprint density at radius 3 is 2.36 bits per heavy atom. The third-order valence-electron chi connectivity index (χ3n) is 6.00. The molecule has 8 atom stereocenters. The minimum absolute atomic E-state index is 0.0638. The summed E-state index contributed by atoms with van der Waals surface area (Å²) in [6, 6.07) is 0. The van der Waals surface area contributed by atoms with Crippen LogP contribution in [-0.2, 0) is 23.8 Å². The monoisotopic (exact) mass is 400 g/mol. The molecule has 2 N–H and O–H groups in total. The van der Waals surface area contributed by atoms with Crippen molar-refractivity contribution >= 4 is 11.9 Å². The number of cyclic esters (lactones) is 2. The third kappa shape index (κ3) is 6.42. The van der Waals surface area contributed by atoms with Gasteiger partial charge in [-0.25, -0.2) is 0 Å². The number of rotatable bonds is 3. The summed E-state index contributed by atoms with van der Waals surface area (Å²) in [5.41, 5.74) is 0. The number of hydrogen-bond donors (Lipinski definition) is 2. The van der Waals surface area contributed by atoms with Gasteiger partial charge in [0.1, 0.15) is 12.2 Å². The van der Waals surface area contributed by atoms with Crippen LogP contribution in [0.1, 0.15) is 72.6 Å². The van der Waals surface area contributed by atoms with E-state index in [1.807, 2.05) is 13.8 Å². The van der Waals surface area contributed by atoms with Crippen LogP contribution in [0.15, 0.2) is 0 Å². The van der Waals surface area contributed by atoms with Crippen molar-refractivity contribution < 1.29 is 34.0 Å². The van der Waals surface area contributed by atoms with Crippen molar-refractivity contribution in [3.8, 4) is 0 Å². The van der Waals surface area contributed by atoms with Crippen LogP contribution in [0.5, 0.6) is 0 Å². The van der Waals surface area contributed by atoms with Crippen LogP contribution < -0.4 is 0 Å². The molecule has 0 radical (unpaired) electrons. The van der Waals surface area contributed by atoms with E-state index >= 15 is 0 Å². The molecule has 2 bridgehead atoms. The van der Waals surface area contributed by atoms with Gasteiger partial charge in [-0.1, -0.05) is 6.92 Å². The molecule has 2 aliphatic heterocycles. The van der Waals surface area contributed by atoms with Crippen molar-refractivity contribution in [2.24, 2.45) is 11.8 Å². The second kappa shape index (κ2) is 10.6. The zero-order valence-corrected chi connectivity index (χ0v) is 17.5. The lowest BCUT2D eigenvalue weighted by molar-refractivity contribution is -0.160. The molecule has 7 nitrogen and oxygen atoms in total. The molecule has 7 heteroatoms. The summed E-state index contributed by atoms with van der Waals surface area (Å²) in [4.78, 5) is 25.0. The number of aliphatic hydroxyl groups is 2. The molecular weight excluding hydrogens is 364 g/mol. The summed E-state index contributed by atoms with van der Waals surface area (Å²) in [5, 5.41) is 20.4. The van der Waals surface area contributed by atoms with E-state index in [1.165, 1.54) is 0 Å². The SMILES string of the molecule is CC[C@@H](O)C[C@@H]1CC[C@@H](O)[C@@H](C)C(=O)O[C@@H](C)C[C@@H]2CC[C@H](O2)[C@H](C)C(=O)O1. The van der Waals surface area contributed by atoms with Crippen LogP contribution in [0.25, 0.3) is 0 Å². The number of carbonyl (C=O) groups excluding carboxylic acids is 2. The van der Waals surface area contributed by atoms with Gasteiger partial charge in [0.25, 0.3) is 0 Å². The quantitative estimate of drug-likeness (QED) is 0.701. The molecular formula is C21H36O7. The van der Waals surface area contributed by atoms with Gasteiger partial charge in [-0.05, 0) is 52.9 Å². The first-order valence-electron chi connectivity index (χ1n) is 10.6. The van der Waals surface area contributed by atoms with E-state index in [4.69, 9.17) is 14.2 Å². The van der Waals surface area contributed by atoms with Gasteiger partial charge in [-0.3, -0.25) is 9.59 Å². The topological polar surface area (TPSA) is 102 Å². The van der Waals surface area contributed by atoms with E-state index in [0.29, 0.717) is 25.7 Å². The Hall–Kier alpha value is -1.18. The lowest BCUT2D eigenvalue weighted by Gasteiger charge is -2.25. The van der Waals surface area contributed by atoms with Gasteiger partial charge in [0.2, 0.25) is 0 Å². The third-order valence-corrected chi connectivity index (χ3v) is 6.00. The van der Waals surface area contributed by atoms with Crippen molar-refractivity contribution in [3.63, 3.8) is 0 Å². The molecule has 162 valence electrons. The number of aliphatic hydroxyl groups excluding tert-OH is 2. The summed E-state index contributed by atoms with van der Waals surface area (Å²) in [6.07, 6.45) is 1.09. The molecule has 28 heavy (non-hydrogen) atoms. The maximum absolute atomic E-state index is 12.7. The maximum atomic E-state index is 12.7. The fourth-order valence-electron chi connectivity index (χ4n) is 3.88. The van der Waals surface area contributed by atoms with Crippen molar-refractivity contribution in [2.45, 2.75) is 109 Å². The summed E-state index contributed by atoms with van der Waals surface area (Å²) in [7, 11) is 0. The Labute approximate surface area is 167 Å². The summed E-state index contributed by atoms with van der Waals surface area (Å²) in [6.45, 7) is 7.14. The molecule has 0 saturated carbocycles. The summed E-state index contributed by atoms with van der Waals surface area (Å²) < 4.78 is 17.2. The molecule has 2 saturated heterocycles. The van der Waals surface area contributed by atoms with Crippen LogP contribution in [-0.4, -0.2) is 58.8 Å². The first-order valence-corrected chi connectivity index (χ1v) is 10.6. The van der Waals surface area contributed by atoms with E-state index in [-0.39, 0.29) is 30.7 Å². The fourth-order valence-corrected chi connectivity index (χ4v) is 3.88. The summed E-state index contributed by atoms with van der Waals surface area (Å²) >= 11 is 0. The molecule has 0 unspecified atom stereocenters. The Kier molecular flexibility index (Phi) is 8.71. The molecule has 0 spiro atoms. The molecule has 2 heterocycles. The predicted octanol–water partition coefficient (Wildman–Crippen LogP) is 2.36. The molecule has 0 aromatic rings. The molecule has 2 rings (SSSR count). The first-order chi connectivity index (χ1) is 13.2. The van der Waals surface area contributed by atoms with Gasteiger partial charge in [0.15, 0.2) is 0 Å². The van der Waals surface area contributed by atoms with Crippen LogP contribution in [0.2, 0.25) is 0 Å². The molecule has 0 aliphatic carbocycles. The smallest absolute Gasteiger partial charge is 0.311 e. The van der Waals surface area contributed by atoms with Crippen molar-refractivity contribution in [2.75, 3.05) is 0 Å². The largest absolute Gasteiger partial charge is 0.462 e. The predicted molar refractivity (Wildman–Crippen MR) is 102 cm³/mol. The van der Waals surface area contributed by atoms with Gasteiger partial charge in [-0.2, -0.15) is 0 Å². The highest BCUT2D eigenvalue weighted by atomic mass is 16.6. The van der Waals surface area contributed by atoms with E-state index in [2.05, 4.69) is 0 Å². The van der Waals surface area contributed by atoms with E-state index in [1.54, 1.807) is 13.8 Å². The van der Waals surface area contributed by atoms with Gasteiger partial charge in [-0.15, -0.1) is 0 Å². The Morgan fingerprint density at radius 2 is 1.68 bits per heavy atom. The van der Waals surface area contributed by atoms with Crippen molar-refractivity contribution in [1.82, 2.24) is 0 Å². The second-order valence-electron chi connectivity index (χ2n) is 8.44. The van der Waals surface area contributed by atoms with Crippen LogP contribution in [0, 0.1) is 11.8 Å². The molecule has 0 aromatic carbocycles. The molecule has 0 aromatic heterocycles. The highest BCUT2D eigenvalue weighted by Crippen LogP contribution is 2.30. The minimum Gasteiger partial charge on any atom is -0.462 e. The first kappa shape index (κ1) is 23.1. The minimum atomic E-state index is -0.894. The number of ether oxygens (including phenoxy) is 3. The number of fused-ring (bicyclic) bond motifs is 2. The normalized spacial score (nSPS) is 39.4. The molecule has 2 fully saturated rings. The van der Waals surface area contributed by atoms with Gasteiger partial charge in [0, 0.05) is 12.8 Å². The molecule has 2 aliphatic rings. The van der Waals surface area contributed by atoms with Crippen LogP contribution in [0.4, 0.5) is 0 Å². The maximum Gasteiger partial charge on any atom is 0.311 e. The van der Waals surface area contributed by atoms with Crippen LogP contribution >= 0.6 is 0 Å². The molecule has 0 amide bonds. The highest BCUT2D eigenvalue weighted by Gasteiger charge is 2.37. The van der Waals surface area contributed by atoms with E-state index < -0.39 is 36.1 Å². The Morgan fingerprint density at radius 1 is 1.00 bits per heavy atom. The van der Waals surface area contributed by atoms with Gasteiger partial charge in [0.05, 0.1) is 36.3 Å². The average molecular weight is 401 g/mol. The van der Waals surface area contributed by atoms with Crippen molar-refractivity contribution in [1.29, 1.82) is 0 Å². The standard InChI is InChI=1S/C21H36O7/c1-5-15(22)11-17-6-8-18(23)13(3)20(24)26-12(2)10-16-7-9-19(27-16)14(4)21(25)28-17/h12-19,22-23H,5-11H2,1-4H3/t12-,13+,14-,15+,16-,17-,18+,19-/m0/s1. The Balaban J connectivity index is 2.15. The van der Waals surface area contributed by atoms with E-state index in [9.17, 15) is 19.8 Å². The second-order valence-corrected chi connectivity index (χ2v) is 8.44. The van der Waals surface area contributed by atoms with E-state index in [0.717, 1.165) is 12.8 Å². The Bertz CT molecular complexity index is 523. The zero-order chi connectivity index (χ0) is 20.8. The van der Waals surface area contributed by atoms with Gasteiger partial charge >= 0.3 is 11.9 Å². The average Bonchev–Trinajstić information content (AvgIpc) is 3.11. The zero-order valence-electron chi connectivity index (χ0n) is 17.5. The number of carbonyl (C=O) groups is 2. The lowest BCUT2D eigenvalue weighted by atomic mass is 9.96. The number of hydrogen-bond acceptors (Lipinski definition) is 7. The van der Waals surface area contributed by atoms with Gasteiger partial charge < -0.3 is 24.4 Å². The highest BCUT2D eigenvalue weighted by molar-refractivity contribution is 5.73.